The van der Waals surface area contributed by atoms with E-state index in [0.717, 1.165) is 35.3 Å². The molecule has 0 bridgehead atoms. The fraction of sp³-hybridized carbons (Fsp3) is 0.552. The van der Waals surface area contributed by atoms with Crippen molar-refractivity contribution < 1.29 is 79.6 Å². The Morgan fingerprint density at radius 3 is 2.25 bits per heavy atom. The van der Waals surface area contributed by atoms with Gasteiger partial charge in [0.1, 0.15) is 36.4 Å². The zero-order chi connectivity index (χ0) is 39.6. The van der Waals surface area contributed by atoms with E-state index in [-0.39, 0.29) is 30.9 Å². The predicted molar refractivity (Wildman–Crippen MR) is 162 cm³/mol. The zero-order valence-corrected chi connectivity index (χ0v) is 27.7. The SMILES string of the molecule is CC(=O)N[C@@H](CCC(=O)O)C(=O)NCCNC(=O)OCCN1C(=O)[C@@H](NC(=O)[C@@](C)(O)C(=O)NCC(F)(F)C(F)(F)F)[C@@H](C)Oc2ccc(F)cc21. The summed E-state index contributed by atoms with van der Waals surface area (Å²) in [6.45, 7) is -0.974. The lowest BCUT2D eigenvalue weighted by atomic mass is 10.0. The van der Waals surface area contributed by atoms with Gasteiger partial charge in [0, 0.05) is 32.5 Å². The second kappa shape index (κ2) is 17.7. The number of rotatable bonds is 16. The van der Waals surface area contributed by atoms with Crippen LogP contribution in [-0.4, -0.2) is 120 Å². The Kier molecular flexibility index (Phi) is 14.6. The fourth-order valence-electron chi connectivity index (χ4n) is 4.35. The molecule has 1 aromatic carbocycles. The van der Waals surface area contributed by atoms with Crippen LogP contribution in [0.1, 0.15) is 33.6 Å². The van der Waals surface area contributed by atoms with Gasteiger partial charge in [-0.3, -0.25) is 28.8 Å². The molecule has 7 N–H and O–H groups in total. The monoisotopic (exact) mass is 758 g/mol. The van der Waals surface area contributed by atoms with Gasteiger partial charge in [0.05, 0.1) is 18.8 Å². The topological polar surface area (TPSA) is 242 Å². The normalized spacial score (nSPS) is 17.6. The van der Waals surface area contributed by atoms with Gasteiger partial charge in [0.25, 0.3) is 17.7 Å². The van der Waals surface area contributed by atoms with Gasteiger partial charge >= 0.3 is 24.2 Å². The summed E-state index contributed by atoms with van der Waals surface area (Å²) < 4.78 is 88.9. The highest BCUT2D eigenvalue weighted by molar-refractivity contribution is 6.10. The maximum atomic E-state index is 14.2. The largest absolute Gasteiger partial charge is 0.486 e. The highest BCUT2D eigenvalue weighted by Gasteiger charge is 2.58. The van der Waals surface area contributed by atoms with Crippen LogP contribution in [-0.2, 0) is 33.5 Å². The van der Waals surface area contributed by atoms with Crippen LogP contribution in [0.2, 0.25) is 0 Å². The number of fused-ring (bicyclic) bond motifs is 1. The first kappa shape index (κ1) is 42.8. The number of ether oxygens (including phenoxy) is 2. The van der Waals surface area contributed by atoms with Gasteiger partial charge in [-0.2, -0.15) is 22.0 Å². The van der Waals surface area contributed by atoms with E-state index in [2.05, 4.69) is 16.0 Å². The Morgan fingerprint density at radius 2 is 1.65 bits per heavy atom. The molecule has 0 saturated carbocycles. The number of anilines is 1. The molecule has 0 saturated heterocycles. The second-order valence-corrected chi connectivity index (χ2v) is 11.4. The molecule has 0 spiro atoms. The molecule has 1 aliphatic heterocycles. The Hall–Kier alpha value is -5.35. The molecule has 0 unspecified atom stereocenters. The van der Waals surface area contributed by atoms with E-state index >= 15 is 0 Å². The van der Waals surface area contributed by atoms with Crippen LogP contribution in [0.4, 0.5) is 36.8 Å². The average molecular weight is 759 g/mol. The van der Waals surface area contributed by atoms with Crippen LogP contribution in [0.3, 0.4) is 0 Å². The number of carbonyl (C=O) groups excluding carboxylic acids is 6. The number of amides is 6. The Bertz CT molecular complexity index is 1530. The molecular formula is C29H36F6N6O11. The maximum Gasteiger partial charge on any atom is 0.455 e. The number of carboxylic acids is 1. The molecule has 0 fully saturated rings. The van der Waals surface area contributed by atoms with E-state index < -0.39 is 109 Å². The summed E-state index contributed by atoms with van der Waals surface area (Å²) in [5, 5.41) is 29.4. The van der Waals surface area contributed by atoms with E-state index in [9.17, 15) is 65.0 Å². The van der Waals surface area contributed by atoms with Crippen LogP contribution in [0.25, 0.3) is 0 Å². The maximum absolute atomic E-state index is 14.2. The third-order valence-electron chi connectivity index (χ3n) is 7.17. The summed E-state index contributed by atoms with van der Waals surface area (Å²) in [7, 11) is 0. The zero-order valence-electron chi connectivity index (χ0n) is 27.7. The molecule has 23 heteroatoms. The van der Waals surface area contributed by atoms with Gasteiger partial charge in [-0.1, -0.05) is 0 Å². The van der Waals surface area contributed by atoms with Crippen LogP contribution in [0.15, 0.2) is 18.2 Å². The first-order valence-electron chi connectivity index (χ1n) is 15.2. The van der Waals surface area contributed by atoms with Crippen LogP contribution < -0.4 is 36.2 Å². The van der Waals surface area contributed by atoms with Gasteiger partial charge < -0.3 is 51.2 Å². The number of alkyl halides is 5. The minimum absolute atomic E-state index is 0.112. The number of hydrogen-bond acceptors (Lipinski definition) is 10. The van der Waals surface area contributed by atoms with Gasteiger partial charge in [0.15, 0.2) is 0 Å². The number of nitrogens with one attached hydrogen (secondary N) is 5. The average Bonchev–Trinajstić information content (AvgIpc) is 3.12. The summed E-state index contributed by atoms with van der Waals surface area (Å²) in [6.07, 6.45) is -9.05. The van der Waals surface area contributed by atoms with Crippen molar-refractivity contribution in [3.63, 3.8) is 0 Å². The third-order valence-corrected chi connectivity index (χ3v) is 7.17. The first-order chi connectivity index (χ1) is 24.0. The summed E-state index contributed by atoms with van der Waals surface area (Å²) in [4.78, 5) is 86.3. The van der Waals surface area contributed by atoms with Crippen molar-refractivity contribution in [3.05, 3.63) is 24.0 Å². The Balaban J connectivity index is 2.07. The number of aliphatic carboxylic acids is 1. The van der Waals surface area contributed by atoms with E-state index in [0.29, 0.717) is 6.92 Å². The molecule has 0 aliphatic carbocycles. The number of aliphatic hydroxyl groups is 1. The molecule has 17 nitrogen and oxygen atoms in total. The summed E-state index contributed by atoms with van der Waals surface area (Å²) in [5.74, 6) is -13.6. The third kappa shape index (κ3) is 11.9. The molecule has 1 heterocycles. The van der Waals surface area contributed by atoms with Gasteiger partial charge in [-0.25, -0.2) is 9.18 Å². The standard InChI is InChI=1S/C29H36F6N6O11/c1-14-21(40-25(48)27(3,50)24(47)38-13-28(31,32)29(33,34)35)23(46)41(18-12-16(30)4-6-19(18)52-14)10-11-51-26(49)37-9-8-36-22(45)17(39-15(2)42)5-7-20(43)44/h4,6,12,14,17,21,50H,5,7-11,13H2,1-3H3,(H,36,45)(H,37,49)(H,38,47)(H,39,42)(H,40,48)(H,43,44)/t14-,17+,21+,27+/m1/s1. The quantitative estimate of drug-likeness (QED) is 0.0656. The van der Waals surface area contributed by atoms with Crippen LogP contribution in [0.5, 0.6) is 5.75 Å². The molecular weight excluding hydrogens is 722 g/mol. The lowest BCUT2D eigenvalue weighted by Crippen LogP contribution is -2.63. The van der Waals surface area contributed by atoms with E-state index in [1.54, 1.807) is 0 Å². The number of halogens is 6. The van der Waals surface area contributed by atoms with E-state index in [1.165, 1.54) is 6.92 Å². The number of carbonyl (C=O) groups is 7. The predicted octanol–water partition coefficient (Wildman–Crippen LogP) is -0.299. The summed E-state index contributed by atoms with van der Waals surface area (Å²) in [6, 6.07) is -0.00269. The van der Waals surface area contributed by atoms with Gasteiger partial charge in [-0.15, -0.1) is 0 Å². The molecule has 0 aromatic heterocycles. The molecule has 1 aliphatic rings. The van der Waals surface area contributed by atoms with Crippen molar-refractivity contribution >= 4 is 47.3 Å². The summed E-state index contributed by atoms with van der Waals surface area (Å²) in [5.41, 5.74) is -3.50. The Morgan fingerprint density at radius 1 is 1.02 bits per heavy atom. The van der Waals surface area contributed by atoms with E-state index in [1.807, 2.05) is 5.32 Å². The number of nitrogens with zero attached hydrogens (tertiary/aromatic N) is 1. The lowest BCUT2D eigenvalue weighted by Gasteiger charge is -2.29. The lowest BCUT2D eigenvalue weighted by molar-refractivity contribution is -0.278. The highest BCUT2D eigenvalue weighted by atomic mass is 19.4. The van der Waals surface area contributed by atoms with Crippen molar-refractivity contribution in [2.24, 2.45) is 0 Å². The Labute approximate surface area is 290 Å². The number of hydrogen-bond donors (Lipinski definition) is 7. The highest BCUT2D eigenvalue weighted by Crippen LogP contribution is 2.35. The van der Waals surface area contributed by atoms with Crippen LogP contribution in [0, 0.1) is 5.82 Å². The molecule has 52 heavy (non-hydrogen) atoms. The van der Waals surface area contributed by atoms with Crippen molar-refractivity contribution in [3.8, 4) is 5.75 Å². The van der Waals surface area contributed by atoms with Crippen molar-refractivity contribution in [2.75, 3.05) is 37.7 Å². The number of alkyl carbamates (subject to hydrolysis) is 1. The minimum Gasteiger partial charge on any atom is -0.486 e. The van der Waals surface area contributed by atoms with Crippen molar-refractivity contribution in [2.45, 2.75) is 69.5 Å². The first-order valence-corrected chi connectivity index (χ1v) is 15.2. The molecule has 290 valence electrons. The molecule has 4 atom stereocenters. The summed E-state index contributed by atoms with van der Waals surface area (Å²) >= 11 is 0. The van der Waals surface area contributed by atoms with Crippen LogP contribution >= 0.6 is 0 Å². The molecule has 6 amide bonds. The van der Waals surface area contributed by atoms with Gasteiger partial charge in [-0.05, 0) is 32.4 Å². The number of benzene rings is 1. The molecule has 1 aromatic rings. The molecule has 2 rings (SSSR count). The minimum atomic E-state index is -6.06. The molecule has 0 radical (unpaired) electrons. The van der Waals surface area contributed by atoms with E-state index in [4.69, 9.17) is 14.6 Å². The van der Waals surface area contributed by atoms with Gasteiger partial charge in [0.2, 0.25) is 17.4 Å². The fourth-order valence-corrected chi connectivity index (χ4v) is 4.35. The van der Waals surface area contributed by atoms with Crippen molar-refractivity contribution in [1.82, 2.24) is 26.6 Å². The smallest absolute Gasteiger partial charge is 0.455 e. The second-order valence-electron chi connectivity index (χ2n) is 11.4. The van der Waals surface area contributed by atoms with Crippen molar-refractivity contribution in [1.29, 1.82) is 0 Å². The number of carboxylic acid groups (broad SMARTS) is 1.